The summed E-state index contributed by atoms with van der Waals surface area (Å²) in [6.07, 6.45) is -0.892. The van der Waals surface area contributed by atoms with E-state index in [4.69, 9.17) is 9.47 Å². The van der Waals surface area contributed by atoms with Gasteiger partial charge in [0.2, 0.25) is 0 Å². The van der Waals surface area contributed by atoms with Gasteiger partial charge in [-0.3, -0.25) is 5.32 Å². The van der Waals surface area contributed by atoms with Crippen molar-refractivity contribution in [3.63, 3.8) is 0 Å². The van der Waals surface area contributed by atoms with Gasteiger partial charge in [0.15, 0.2) is 0 Å². The number of alkyl halides is 3. The van der Waals surface area contributed by atoms with Gasteiger partial charge in [-0.15, -0.1) is 0 Å². The first-order valence-electron chi connectivity index (χ1n) is 7.69. The highest BCUT2D eigenvalue weighted by Crippen LogP contribution is 2.38. The van der Waals surface area contributed by atoms with Crippen LogP contribution in [-0.4, -0.2) is 28.8 Å². The summed E-state index contributed by atoms with van der Waals surface area (Å²) in [4.78, 5) is 24.1. The second-order valence-corrected chi connectivity index (χ2v) is 8.52. The lowest BCUT2D eigenvalue weighted by Gasteiger charge is -2.22. The number of benzene rings is 1. The molecule has 1 amide bonds. The molecular weight excluding hydrogens is 371 g/mol. The Morgan fingerprint density at radius 1 is 0.962 bits per heavy atom. The summed E-state index contributed by atoms with van der Waals surface area (Å²) >= 11 is -0.356. The van der Waals surface area contributed by atoms with Crippen molar-refractivity contribution in [2.75, 3.05) is 5.32 Å². The van der Waals surface area contributed by atoms with Crippen LogP contribution in [0.3, 0.4) is 0 Å². The van der Waals surface area contributed by atoms with Gasteiger partial charge in [0, 0.05) is 4.90 Å². The standard InChI is InChI=1S/C17H22F3NO4S/c1-15(2,3)24-13(22)11-8-7-10(26-17(18,19)20)9-12(11)21-14(23)25-16(4,5)6/h7-9H,1-6H3,(H,21,23). The number of thioether (sulfide) groups is 1. The van der Waals surface area contributed by atoms with Crippen LogP contribution in [-0.2, 0) is 9.47 Å². The number of carbonyl (C=O) groups excluding carboxylic acids is 2. The predicted molar refractivity (Wildman–Crippen MR) is 93.4 cm³/mol. The molecule has 0 aliphatic heterocycles. The van der Waals surface area contributed by atoms with E-state index in [1.165, 1.54) is 6.07 Å². The zero-order chi connectivity index (χ0) is 20.3. The van der Waals surface area contributed by atoms with Crippen LogP contribution in [0.15, 0.2) is 23.1 Å². The molecule has 1 rings (SSSR count). The van der Waals surface area contributed by atoms with E-state index in [2.05, 4.69) is 5.32 Å². The zero-order valence-electron chi connectivity index (χ0n) is 15.4. The van der Waals surface area contributed by atoms with Crippen molar-refractivity contribution in [3.05, 3.63) is 23.8 Å². The number of amides is 1. The van der Waals surface area contributed by atoms with Crippen LogP contribution in [0, 0.1) is 0 Å². The summed E-state index contributed by atoms with van der Waals surface area (Å²) in [5.41, 5.74) is -6.31. The van der Waals surface area contributed by atoms with Crippen LogP contribution in [0.25, 0.3) is 0 Å². The maximum absolute atomic E-state index is 12.6. The minimum Gasteiger partial charge on any atom is -0.456 e. The fraction of sp³-hybridized carbons (Fsp3) is 0.529. The lowest BCUT2D eigenvalue weighted by atomic mass is 10.1. The van der Waals surface area contributed by atoms with Crippen molar-refractivity contribution in [2.24, 2.45) is 0 Å². The third-order valence-electron chi connectivity index (χ3n) is 2.48. The van der Waals surface area contributed by atoms with Crippen molar-refractivity contribution in [2.45, 2.75) is 63.1 Å². The van der Waals surface area contributed by atoms with E-state index >= 15 is 0 Å². The quantitative estimate of drug-likeness (QED) is 0.535. The highest BCUT2D eigenvalue weighted by atomic mass is 32.2. The Hall–Kier alpha value is -1.90. The molecule has 1 aromatic rings. The second-order valence-electron chi connectivity index (χ2n) is 7.38. The van der Waals surface area contributed by atoms with Gasteiger partial charge in [-0.1, -0.05) is 0 Å². The molecule has 0 spiro atoms. The molecule has 146 valence electrons. The minimum atomic E-state index is -4.50. The Bertz CT molecular complexity index is 676. The summed E-state index contributed by atoms with van der Waals surface area (Å²) in [6, 6.07) is 3.37. The summed E-state index contributed by atoms with van der Waals surface area (Å²) in [5.74, 6) is -0.771. The Morgan fingerprint density at radius 3 is 1.96 bits per heavy atom. The molecular formula is C17H22F3NO4S. The van der Waals surface area contributed by atoms with Crippen molar-refractivity contribution in [1.29, 1.82) is 0 Å². The van der Waals surface area contributed by atoms with Gasteiger partial charge in [-0.05, 0) is 71.5 Å². The molecule has 1 aromatic carbocycles. The molecule has 0 bridgehead atoms. The van der Waals surface area contributed by atoms with Crippen LogP contribution in [0.1, 0.15) is 51.9 Å². The third-order valence-corrected chi connectivity index (χ3v) is 3.20. The summed E-state index contributed by atoms with van der Waals surface area (Å²) in [7, 11) is 0. The summed E-state index contributed by atoms with van der Waals surface area (Å²) in [6.45, 7) is 9.87. The number of halogens is 3. The average Bonchev–Trinajstić information content (AvgIpc) is 2.31. The van der Waals surface area contributed by atoms with Gasteiger partial charge in [0.25, 0.3) is 0 Å². The number of ether oxygens (including phenoxy) is 2. The molecule has 5 nitrogen and oxygen atoms in total. The van der Waals surface area contributed by atoms with Gasteiger partial charge in [-0.2, -0.15) is 13.2 Å². The second kappa shape index (κ2) is 7.77. The molecule has 0 fully saturated rings. The maximum Gasteiger partial charge on any atom is 0.446 e. The molecule has 0 unspecified atom stereocenters. The van der Waals surface area contributed by atoms with E-state index < -0.39 is 28.8 Å². The molecule has 0 aliphatic rings. The van der Waals surface area contributed by atoms with E-state index in [0.29, 0.717) is 0 Å². The van der Waals surface area contributed by atoms with Gasteiger partial charge in [-0.25, -0.2) is 9.59 Å². The molecule has 0 saturated heterocycles. The highest BCUT2D eigenvalue weighted by molar-refractivity contribution is 8.00. The van der Waals surface area contributed by atoms with Gasteiger partial charge >= 0.3 is 17.6 Å². The SMILES string of the molecule is CC(C)(C)OC(=O)Nc1cc(SC(F)(F)F)ccc1C(=O)OC(C)(C)C. The van der Waals surface area contributed by atoms with E-state index in [1.807, 2.05) is 0 Å². The largest absolute Gasteiger partial charge is 0.456 e. The monoisotopic (exact) mass is 393 g/mol. The number of hydrogen-bond acceptors (Lipinski definition) is 5. The van der Waals surface area contributed by atoms with Crippen LogP contribution >= 0.6 is 11.8 Å². The number of esters is 1. The van der Waals surface area contributed by atoms with Gasteiger partial charge < -0.3 is 9.47 Å². The lowest BCUT2D eigenvalue weighted by Crippen LogP contribution is -2.28. The topological polar surface area (TPSA) is 64.6 Å². The Labute approximate surface area is 154 Å². The molecule has 0 atom stereocenters. The number of rotatable bonds is 3. The minimum absolute atomic E-state index is 0.0719. The zero-order valence-corrected chi connectivity index (χ0v) is 16.2. The van der Waals surface area contributed by atoms with Crippen LogP contribution in [0.5, 0.6) is 0 Å². The van der Waals surface area contributed by atoms with Crippen LogP contribution < -0.4 is 5.32 Å². The first kappa shape index (κ1) is 22.1. The van der Waals surface area contributed by atoms with Crippen molar-refractivity contribution in [1.82, 2.24) is 0 Å². The normalized spacial score (nSPS) is 12.5. The fourth-order valence-electron chi connectivity index (χ4n) is 1.75. The number of nitrogens with one attached hydrogen (secondary N) is 1. The molecule has 0 aromatic heterocycles. The highest BCUT2D eigenvalue weighted by Gasteiger charge is 2.30. The molecule has 0 aliphatic carbocycles. The number of anilines is 1. The van der Waals surface area contributed by atoms with E-state index in [-0.39, 0.29) is 27.9 Å². The molecule has 0 heterocycles. The Balaban J connectivity index is 3.19. The van der Waals surface area contributed by atoms with Crippen LogP contribution in [0.2, 0.25) is 0 Å². The van der Waals surface area contributed by atoms with E-state index in [1.54, 1.807) is 41.5 Å². The fourth-order valence-corrected chi connectivity index (χ4v) is 2.33. The molecule has 0 saturated carbocycles. The van der Waals surface area contributed by atoms with Crippen molar-refractivity contribution < 1.29 is 32.2 Å². The molecule has 26 heavy (non-hydrogen) atoms. The third kappa shape index (κ3) is 8.46. The molecule has 1 N–H and O–H groups in total. The lowest BCUT2D eigenvalue weighted by molar-refractivity contribution is -0.0328. The first-order chi connectivity index (χ1) is 11.6. The maximum atomic E-state index is 12.6. The van der Waals surface area contributed by atoms with Crippen LogP contribution in [0.4, 0.5) is 23.7 Å². The van der Waals surface area contributed by atoms with Crippen molar-refractivity contribution >= 4 is 29.5 Å². The smallest absolute Gasteiger partial charge is 0.446 e. The summed E-state index contributed by atoms with van der Waals surface area (Å²) in [5, 5.41) is 2.32. The summed E-state index contributed by atoms with van der Waals surface area (Å²) < 4.78 is 48.1. The van der Waals surface area contributed by atoms with Gasteiger partial charge in [0.05, 0.1) is 11.3 Å². The number of carbonyl (C=O) groups is 2. The average molecular weight is 393 g/mol. The Morgan fingerprint density at radius 2 is 1.50 bits per heavy atom. The predicted octanol–water partition coefficient (Wildman–Crippen LogP) is 5.60. The van der Waals surface area contributed by atoms with E-state index in [0.717, 1.165) is 12.1 Å². The molecule has 0 radical (unpaired) electrons. The Kier molecular flexibility index (Phi) is 6.62. The first-order valence-corrected chi connectivity index (χ1v) is 8.50. The van der Waals surface area contributed by atoms with Gasteiger partial charge in [0.1, 0.15) is 11.2 Å². The number of hydrogen-bond donors (Lipinski definition) is 1. The van der Waals surface area contributed by atoms with E-state index in [9.17, 15) is 22.8 Å². The van der Waals surface area contributed by atoms with Crippen molar-refractivity contribution in [3.8, 4) is 0 Å². The molecule has 9 heteroatoms.